The average molecular weight is 775 g/mol. The Labute approximate surface area is 321 Å². The fourth-order valence-electron chi connectivity index (χ4n) is 7.83. The Hall–Kier alpha value is -4.63. The molecule has 55 heavy (non-hydrogen) atoms. The maximum atomic E-state index is 14.3. The Bertz CT molecular complexity index is 1620. The second-order valence-corrected chi connectivity index (χ2v) is 16.7. The number of ketones is 1. The van der Waals surface area contributed by atoms with Crippen LogP contribution in [-0.2, 0) is 33.5 Å². The van der Waals surface area contributed by atoms with Gasteiger partial charge in [0.1, 0.15) is 23.7 Å². The molecule has 4 N–H and O–H groups in total. The van der Waals surface area contributed by atoms with Crippen molar-refractivity contribution in [3.05, 3.63) is 35.9 Å². The molecular formula is C39H56F2N6O8. The van der Waals surface area contributed by atoms with E-state index in [0.29, 0.717) is 12.0 Å². The number of carbonyl (C=O) groups is 7. The molecule has 0 radical (unpaired) electrons. The van der Waals surface area contributed by atoms with Gasteiger partial charge in [0.05, 0.1) is 12.6 Å². The molecular weight excluding hydrogens is 718 g/mol. The van der Waals surface area contributed by atoms with E-state index in [1.54, 1.807) is 58.0 Å². The normalized spacial score (nSPS) is 22.9. The molecule has 4 rings (SSSR count). The Morgan fingerprint density at radius 2 is 1.58 bits per heavy atom. The van der Waals surface area contributed by atoms with Gasteiger partial charge in [-0.3, -0.25) is 28.8 Å². The molecule has 3 unspecified atom stereocenters. The Morgan fingerprint density at radius 3 is 2.15 bits per heavy atom. The van der Waals surface area contributed by atoms with Crippen molar-refractivity contribution in [2.75, 3.05) is 27.2 Å². The number of nitrogens with zero attached hydrogens (tertiary/aromatic N) is 2. The first kappa shape index (κ1) is 43.1. The Balaban J connectivity index is 1.47. The SMILES string of the molecule is CCCC(NC(=O)C1[C@H]2[C@@H](CN1C(=O)C(NC(=O)OC(C)(C)C)C1CCC(F)(F)CC1)C2(C)C)C(=O)C(=O)NCC(=O)N[C@H](C(=O)N(C)C)c1ccccc1. The van der Waals surface area contributed by atoms with Crippen LogP contribution in [0.4, 0.5) is 13.6 Å². The second kappa shape index (κ2) is 17.0. The topological polar surface area (TPSA) is 183 Å². The lowest BCUT2D eigenvalue weighted by Crippen LogP contribution is -2.60. The molecule has 1 aliphatic heterocycles. The number of piperidine rings is 1. The van der Waals surface area contributed by atoms with E-state index >= 15 is 0 Å². The van der Waals surface area contributed by atoms with E-state index in [4.69, 9.17) is 4.74 Å². The first-order valence-electron chi connectivity index (χ1n) is 18.9. The number of amides is 6. The molecule has 3 fully saturated rings. The molecule has 304 valence electrons. The number of likely N-dealkylation sites (tertiary alicyclic amines) is 1. The zero-order valence-corrected chi connectivity index (χ0v) is 33.0. The first-order chi connectivity index (χ1) is 25.6. The van der Waals surface area contributed by atoms with E-state index < -0.39 is 102 Å². The van der Waals surface area contributed by atoms with Crippen LogP contribution in [0.15, 0.2) is 30.3 Å². The number of ether oxygens (including phenoxy) is 1. The summed E-state index contributed by atoms with van der Waals surface area (Å²) in [6.07, 6.45) is -1.37. The van der Waals surface area contributed by atoms with E-state index in [0.717, 1.165) is 0 Å². The number of hydrogen-bond donors (Lipinski definition) is 4. The molecule has 0 bridgehead atoms. The summed E-state index contributed by atoms with van der Waals surface area (Å²) >= 11 is 0. The van der Waals surface area contributed by atoms with Crippen LogP contribution in [-0.4, -0.2) is 108 Å². The van der Waals surface area contributed by atoms with Gasteiger partial charge in [0.15, 0.2) is 0 Å². The van der Waals surface area contributed by atoms with E-state index in [1.165, 1.54) is 23.9 Å². The highest BCUT2D eigenvalue weighted by Gasteiger charge is 2.70. The van der Waals surface area contributed by atoms with Crippen molar-refractivity contribution in [2.24, 2.45) is 23.2 Å². The summed E-state index contributed by atoms with van der Waals surface area (Å²) in [4.78, 5) is 96.3. The zero-order chi connectivity index (χ0) is 41.0. The van der Waals surface area contributed by atoms with Gasteiger partial charge in [0, 0.05) is 33.5 Å². The van der Waals surface area contributed by atoms with Gasteiger partial charge in [-0.2, -0.15) is 0 Å². The van der Waals surface area contributed by atoms with Crippen LogP contribution in [0.25, 0.3) is 0 Å². The number of alkyl halides is 2. The highest BCUT2D eigenvalue weighted by Crippen LogP contribution is 2.65. The van der Waals surface area contributed by atoms with Gasteiger partial charge >= 0.3 is 6.09 Å². The smallest absolute Gasteiger partial charge is 0.408 e. The maximum absolute atomic E-state index is 14.3. The minimum Gasteiger partial charge on any atom is -0.444 e. The van der Waals surface area contributed by atoms with E-state index in [2.05, 4.69) is 21.3 Å². The van der Waals surface area contributed by atoms with Gasteiger partial charge in [-0.1, -0.05) is 57.5 Å². The standard InChI is InChI=1S/C39H56F2N6O8/c1-9-13-25(31(49)33(51)42-20-26(48)44-28(34(52)46(7)8)22-14-11-10-12-15-22)43-32(50)30-27-24(38(27,5)6)21-47(30)35(53)29(45-36(54)55-37(2,3)4)23-16-18-39(40,41)19-17-23/h10-12,14-15,23-25,27-30H,9,13,16-21H2,1-8H3,(H,42,51)(H,43,50)(H,44,48)(H,45,54)/t24-,25?,27-,28+,29?,30?/m1/s1. The summed E-state index contributed by atoms with van der Waals surface area (Å²) in [6.45, 7) is 10.2. The van der Waals surface area contributed by atoms with Crippen molar-refractivity contribution in [1.29, 1.82) is 0 Å². The van der Waals surface area contributed by atoms with E-state index in [-0.39, 0.29) is 43.1 Å². The number of hydrogen-bond acceptors (Lipinski definition) is 8. The van der Waals surface area contributed by atoms with Gasteiger partial charge in [0.2, 0.25) is 35.3 Å². The van der Waals surface area contributed by atoms with Gasteiger partial charge < -0.3 is 35.8 Å². The summed E-state index contributed by atoms with van der Waals surface area (Å²) in [5, 5.41) is 10.2. The molecule has 1 aromatic rings. The number of alkyl carbamates (subject to hydrolysis) is 1. The number of fused-ring (bicyclic) bond motifs is 1. The highest BCUT2D eigenvalue weighted by atomic mass is 19.3. The Kier molecular flexibility index (Phi) is 13.3. The summed E-state index contributed by atoms with van der Waals surface area (Å²) < 4.78 is 33.7. The number of halogens is 2. The third-order valence-electron chi connectivity index (χ3n) is 10.9. The maximum Gasteiger partial charge on any atom is 0.408 e. The second-order valence-electron chi connectivity index (χ2n) is 16.7. The quantitative estimate of drug-likeness (QED) is 0.208. The molecule has 14 nitrogen and oxygen atoms in total. The first-order valence-corrected chi connectivity index (χ1v) is 18.9. The molecule has 2 aliphatic carbocycles. The monoisotopic (exact) mass is 774 g/mol. The van der Waals surface area contributed by atoms with Crippen LogP contribution < -0.4 is 21.3 Å². The predicted molar refractivity (Wildman–Crippen MR) is 197 cm³/mol. The minimum atomic E-state index is -2.88. The molecule has 0 aromatic heterocycles. The predicted octanol–water partition coefficient (Wildman–Crippen LogP) is 3.10. The number of Topliss-reactive ketones (excluding diaryl/α,β-unsaturated/α-hetero) is 1. The molecule has 1 aromatic carbocycles. The number of likely N-dealkylation sites (N-methyl/N-ethyl adjacent to an activating group) is 1. The van der Waals surface area contributed by atoms with Crippen LogP contribution in [0, 0.1) is 23.2 Å². The lowest BCUT2D eigenvalue weighted by atomic mass is 9.81. The molecule has 3 aliphatic rings. The van der Waals surface area contributed by atoms with Crippen molar-refractivity contribution >= 4 is 41.4 Å². The van der Waals surface area contributed by atoms with Crippen LogP contribution in [0.3, 0.4) is 0 Å². The van der Waals surface area contributed by atoms with Crippen molar-refractivity contribution < 1.29 is 47.1 Å². The summed E-state index contributed by atoms with van der Waals surface area (Å²) in [5.74, 6) is -8.41. The molecule has 6 amide bonds. The molecule has 1 heterocycles. The van der Waals surface area contributed by atoms with Gasteiger partial charge in [0.25, 0.3) is 5.91 Å². The van der Waals surface area contributed by atoms with Crippen molar-refractivity contribution in [2.45, 2.75) is 116 Å². The van der Waals surface area contributed by atoms with Crippen LogP contribution >= 0.6 is 0 Å². The van der Waals surface area contributed by atoms with Gasteiger partial charge in [-0.25, -0.2) is 13.6 Å². The fourth-order valence-corrected chi connectivity index (χ4v) is 7.83. The van der Waals surface area contributed by atoms with Crippen LogP contribution in [0.5, 0.6) is 0 Å². The van der Waals surface area contributed by atoms with Crippen molar-refractivity contribution in [1.82, 2.24) is 31.1 Å². The van der Waals surface area contributed by atoms with Crippen molar-refractivity contribution in [3.63, 3.8) is 0 Å². The highest BCUT2D eigenvalue weighted by molar-refractivity contribution is 6.38. The summed E-state index contributed by atoms with van der Waals surface area (Å²) in [6, 6.07) is 3.91. The van der Waals surface area contributed by atoms with Crippen LogP contribution in [0.1, 0.15) is 91.7 Å². The summed E-state index contributed by atoms with van der Waals surface area (Å²) in [7, 11) is 3.08. The zero-order valence-electron chi connectivity index (χ0n) is 33.0. The minimum absolute atomic E-state index is 0.0264. The lowest BCUT2D eigenvalue weighted by Gasteiger charge is -2.38. The molecule has 16 heteroatoms. The molecule has 0 spiro atoms. The Morgan fingerprint density at radius 1 is 0.964 bits per heavy atom. The number of rotatable bonds is 14. The number of benzene rings is 1. The molecule has 1 saturated heterocycles. The van der Waals surface area contributed by atoms with Crippen LogP contribution in [0.2, 0.25) is 0 Å². The molecule has 2 saturated carbocycles. The number of carbonyl (C=O) groups excluding carboxylic acids is 7. The molecule has 6 atom stereocenters. The fraction of sp³-hybridized carbons (Fsp3) is 0.667. The third-order valence-corrected chi connectivity index (χ3v) is 10.9. The summed E-state index contributed by atoms with van der Waals surface area (Å²) in [5.41, 5.74) is -0.707. The average Bonchev–Trinajstić information content (AvgIpc) is 3.41. The van der Waals surface area contributed by atoms with E-state index in [9.17, 15) is 42.3 Å². The van der Waals surface area contributed by atoms with Crippen molar-refractivity contribution in [3.8, 4) is 0 Å². The number of nitrogens with one attached hydrogen (secondary N) is 4. The third kappa shape index (κ3) is 10.6. The lowest BCUT2D eigenvalue weighted by molar-refractivity contribution is -0.145. The largest absolute Gasteiger partial charge is 0.444 e. The van der Waals surface area contributed by atoms with Gasteiger partial charge in [-0.15, -0.1) is 0 Å². The van der Waals surface area contributed by atoms with Gasteiger partial charge in [-0.05, 0) is 68.8 Å². The van der Waals surface area contributed by atoms with E-state index in [1.807, 2.05) is 13.8 Å².